The molecule has 3 heteroatoms. The van der Waals surface area contributed by atoms with Gasteiger partial charge in [0.2, 0.25) is 0 Å². The summed E-state index contributed by atoms with van der Waals surface area (Å²) in [5.41, 5.74) is 7.27. The normalized spacial score (nSPS) is 10.2. The minimum Gasteiger partial charge on any atom is -0.423 e. The lowest BCUT2D eigenvalue weighted by molar-refractivity contribution is 0.594. The third kappa shape index (κ3) is 1.40. The van der Waals surface area contributed by atoms with Crippen molar-refractivity contribution in [3.8, 4) is 11.3 Å². The van der Waals surface area contributed by atoms with Gasteiger partial charge in [0, 0.05) is 5.56 Å². The lowest BCUT2D eigenvalue weighted by Gasteiger charge is -1.95. The predicted molar refractivity (Wildman–Crippen MR) is 51.1 cm³/mol. The van der Waals surface area contributed by atoms with Gasteiger partial charge in [0.05, 0.1) is 5.69 Å². The summed E-state index contributed by atoms with van der Waals surface area (Å²) in [5, 5.41) is 0. The van der Waals surface area contributed by atoms with Gasteiger partial charge in [0.15, 0.2) is 5.76 Å². The van der Waals surface area contributed by atoms with Gasteiger partial charge in [0.1, 0.15) is 0 Å². The fraction of sp³-hybridized carbons (Fsp3) is 0.100. The lowest BCUT2D eigenvalue weighted by Crippen LogP contribution is -1.81. The lowest BCUT2D eigenvalue weighted by atomic mass is 10.1. The van der Waals surface area contributed by atoms with Crippen molar-refractivity contribution >= 4 is 6.01 Å². The highest BCUT2D eigenvalue weighted by molar-refractivity contribution is 5.60. The van der Waals surface area contributed by atoms with Crippen molar-refractivity contribution in [1.29, 1.82) is 0 Å². The van der Waals surface area contributed by atoms with Crippen LogP contribution in [0.25, 0.3) is 11.3 Å². The van der Waals surface area contributed by atoms with E-state index in [1.54, 1.807) is 0 Å². The first-order valence-corrected chi connectivity index (χ1v) is 4.05. The second kappa shape index (κ2) is 2.94. The van der Waals surface area contributed by atoms with Gasteiger partial charge in [-0.05, 0) is 6.92 Å². The Morgan fingerprint density at radius 1 is 1.23 bits per heavy atom. The van der Waals surface area contributed by atoms with Crippen LogP contribution in [0.1, 0.15) is 5.69 Å². The maximum Gasteiger partial charge on any atom is 0.292 e. The summed E-state index contributed by atoms with van der Waals surface area (Å²) in [4.78, 5) is 4.00. The number of rotatable bonds is 1. The van der Waals surface area contributed by atoms with E-state index in [2.05, 4.69) is 4.98 Å². The van der Waals surface area contributed by atoms with E-state index in [-0.39, 0.29) is 6.01 Å². The highest BCUT2D eigenvalue weighted by Gasteiger charge is 2.08. The summed E-state index contributed by atoms with van der Waals surface area (Å²) in [6, 6.07) is 10.0. The van der Waals surface area contributed by atoms with Gasteiger partial charge in [-0.1, -0.05) is 30.3 Å². The highest BCUT2D eigenvalue weighted by atomic mass is 16.4. The second-order valence-corrected chi connectivity index (χ2v) is 2.83. The smallest absolute Gasteiger partial charge is 0.292 e. The number of nitrogens with zero attached hydrogens (tertiary/aromatic N) is 1. The molecule has 0 aliphatic carbocycles. The average Bonchev–Trinajstić information content (AvgIpc) is 2.47. The van der Waals surface area contributed by atoms with Crippen LogP contribution in [0.2, 0.25) is 0 Å². The van der Waals surface area contributed by atoms with E-state index in [0.717, 1.165) is 17.0 Å². The summed E-state index contributed by atoms with van der Waals surface area (Å²) in [6.45, 7) is 1.88. The molecule has 0 saturated heterocycles. The van der Waals surface area contributed by atoms with Gasteiger partial charge in [-0.3, -0.25) is 0 Å². The van der Waals surface area contributed by atoms with Crippen molar-refractivity contribution in [3.63, 3.8) is 0 Å². The van der Waals surface area contributed by atoms with Crippen LogP contribution in [-0.4, -0.2) is 4.98 Å². The molecule has 2 aromatic rings. The number of nitrogen functional groups attached to an aromatic ring is 1. The van der Waals surface area contributed by atoms with Crippen molar-refractivity contribution in [2.24, 2.45) is 0 Å². The van der Waals surface area contributed by atoms with Gasteiger partial charge in [-0.2, -0.15) is 4.98 Å². The fourth-order valence-electron chi connectivity index (χ4n) is 1.27. The summed E-state index contributed by atoms with van der Waals surface area (Å²) in [5.74, 6) is 0.748. The van der Waals surface area contributed by atoms with E-state index in [9.17, 15) is 0 Å². The zero-order valence-electron chi connectivity index (χ0n) is 7.32. The molecule has 1 heterocycles. The molecule has 0 fully saturated rings. The summed E-state index contributed by atoms with van der Waals surface area (Å²) in [7, 11) is 0. The monoisotopic (exact) mass is 174 g/mol. The van der Waals surface area contributed by atoms with Crippen molar-refractivity contribution in [3.05, 3.63) is 36.0 Å². The molecule has 1 aromatic heterocycles. The summed E-state index contributed by atoms with van der Waals surface area (Å²) < 4.78 is 5.27. The zero-order chi connectivity index (χ0) is 9.26. The van der Waals surface area contributed by atoms with E-state index in [1.165, 1.54) is 0 Å². The zero-order valence-corrected chi connectivity index (χ0v) is 7.32. The SMILES string of the molecule is Cc1nc(N)oc1-c1ccccc1. The molecule has 3 nitrogen and oxygen atoms in total. The van der Waals surface area contributed by atoms with Crippen molar-refractivity contribution in [2.45, 2.75) is 6.92 Å². The van der Waals surface area contributed by atoms with E-state index in [4.69, 9.17) is 10.2 Å². The van der Waals surface area contributed by atoms with E-state index >= 15 is 0 Å². The molecule has 13 heavy (non-hydrogen) atoms. The Labute approximate surface area is 76.2 Å². The van der Waals surface area contributed by atoms with Crippen LogP contribution in [-0.2, 0) is 0 Å². The molecule has 2 N–H and O–H groups in total. The van der Waals surface area contributed by atoms with Crippen LogP contribution in [0, 0.1) is 6.92 Å². The molecule has 0 aliphatic rings. The molecule has 2 rings (SSSR count). The Morgan fingerprint density at radius 2 is 1.92 bits per heavy atom. The molecule has 0 unspecified atom stereocenters. The molecule has 0 radical (unpaired) electrons. The Morgan fingerprint density at radius 3 is 2.46 bits per heavy atom. The number of benzene rings is 1. The first-order valence-electron chi connectivity index (χ1n) is 4.05. The molecule has 0 amide bonds. The number of anilines is 1. The van der Waals surface area contributed by atoms with Crippen LogP contribution in [0.4, 0.5) is 6.01 Å². The van der Waals surface area contributed by atoms with Crippen LogP contribution in [0.15, 0.2) is 34.7 Å². The minimum atomic E-state index is 0.219. The maximum atomic E-state index is 5.44. The first kappa shape index (κ1) is 7.86. The summed E-state index contributed by atoms with van der Waals surface area (Å²) >= 11 is 0. The summed E-state index contributed by atoms with van der Waals surface area (Å²) in [6.07, 6.45) is 0. The molecule has 66 valence electrons. The molecule has 1 aromatic carbocycles. The molecular weight excluding hydrogens is 164 g/mol. The molecule has 0 spiro atoms. The van der Waals surface area contributed by atoms with Crippen molar-refractivity contribution < 1.29 is 4.42 Å². The maximum absolute atomic E-state index is 5.44. The van der Waals surface area contributed by atoms with Gasteiger partial charge in [-0.25, -0.2) is 0 Å². The fourth-order valence-corrected chi connectivity index (χ4v) is 1.27. The number of nitrogens with two attached hydrogens (primary N) is 1. The number of hydrogen-bond acceptors (Lipinski definition) is 3. The van der Waals surface area contributed by atoms with Crippen molar-refractivity contribution in [2.75, 3.05) is 5.73 Å². The topological polar surface area (TPSA) is 52.0 Å². The highest BCUT2D eigenvalue weighted by Crippen LogP contribution is 2.24. The number of hydrogen-bond donors (Lipinski definition) is 1. The van der Waals surface area contributed by atoms with E-state index in [1.807, 2.05) is 37.3 Å². The minimum absolute atomic E-state index is 0.219. The van der Waals surface area contributed by atoms with Crippen LogP contribution < -0.4 is 5.73 Å². The van der Waals surface area contributed by atoms with Crippen LogP contribution in [0.3, 0.4) is 0 Å². The first-order chi connectivity index (χ1) is 6.27. The molecular formula is C10H10N2O. The molecule has 0 aliphatic heterocycles. The third-order valence-electron chi connectivity index (χ3n) is 1.85. The third-order valence-corrected chi connectivity index (χ3v) is 1.85. The van der Waals surface area contributed by atoms with Crippen LogP contribution in [0.5, 0.6) is 0 Å². The van der Waals surface area contributed by atoms with Crippen LogP contribution >= 0.6 is 0 Å². The second-order valence-electron chi connectivity index (χ2n) is 2.83. The Bertz CT molecular complexity index is 406. The Balaban J connectivity index is 2.53. The number of aryl methyl sites for hydroxylation is 1. The number of oxazole rings is 1. The Kier molecular flexibility index (Phi) is 1.77. The molecule has 0 saturated carbocycles. The van der Waals surface area contributed by atoms with Gasteiger partial charge < -0.3 is 10.2 Å². The van der Waals surface area contributed by atoms with E-state index < -0.39 is 0 Å². The molecule has 0 bridgehead atoms. The van der Waals surface area contributed by atoms with Gasteiger partial charge in [-0.15, -0.1) is 0 Å². The van der Waals surface area contributed by atoms with Gasteiger partial charge >= 0.3 is 0 Å². The predicted octanol–water partition coefficient (Wildman–Crippen LogP) is 2.23. The largest absolute Gasteiger partial charge is 0.423 e. The number of aromatic nitrogens is 1. The Hall–Kier alpha value is -1.77. The quantitative estimate of drug-likeness (QED) is 0.721. The van der Waals surface area contributed by atoms with Crippen molar-refractivity contribution in [1.82, 2.24) is 4.98 Å². The van der Waals surface area contributed by atoms with E-state index in [0.29, 0.717) is 0 Å². The van der Waals surface area contributed by atoms with Gasteiger partial charge in [0.25, 0.3) is 6.01 Å². The average molecular weight is 174 g/mol. The molecule has 0 atom stereocenters. The standard InChI is InChI=1S/C10H10N2O/c1-7-9(13-10(11)12-7)8-5-3-2-4-6-8/h2-6H,1H3,(H2,11,12).